The molecule has 0 saturated carbocycles. The third-order valence-electron chi connectivity index (χ3n) is 3.29. The third kappa shape index (κ3) is 4.60. The van der Waals surface area contributed by atoms with Crippen molar-refractivity contribution in [2.24, 2.45) is 12.5 Å². The topological polar surface area (TPSA) is 110 Å². The van der Waals surface area contributed by atoms with Crippen molar-refractivity contribution in [2.75, 3.05) is 5.32 Å². The lowest BCUT2D eigenvalue weighted by molar-refractivity contribution is -0.139. The molecule has 0 unspecified atom stereocenters. The number of nitrogens with zero attached hydrogens (tertiary/aromatic N) is 4. The van der Waals surface area contributed by atoms with Gasteiger partial charge in [0.15, 0.2) is 5.82 Å². The van der Waals surface area contributed by atoms with E-state index in [0.29, 0.717) is 11.5 Å². The van der Waals surface area contributed by atoms with Gasteiger partial charge in [0.05, 0.1) is 6.42 Å². The Morgan fingerprint density at radius 2 is 2.04 bits per heavy atom. The van der Waals surface area contributed by atoms with Crippen molar-refractivity contribution in [2.45, 2.75) is 26.7 Å². The van der Waals surface area contributed by atoms with Crippen molar-refractivity contribution < 1.29 is 14.7 Å². The van der Waals surface area contributed by atoms with E-state index in [1.54, 1.807) is 39.1 Å². The molecule has 2 N–H and O–H groups in total. The number of hydrogen-bond acceptors (Lipinski definition) is 5. The summed E-state index contributed by atoms with van der Waals surface area (Å²) in [6.07, 6.45) is 0.0557. The molecule has 122 valence electrons. The second-order valence-corrected chi connectivity index (χ2v) is 6.17. The van der Waals surface area contributed by atoms with Crippen LogP contribution in [0.4, 0.5) is 5.69 Å². The van der Waals surface area contributed by atoms with E-state index in [9.17, 15) is 9.59 Å². The summed E-state index contributed by atoms with van der Waals surface area (Å²) in [7, 11) is 1.73. The van der Waals surface area contributed by atoms with E-state index in [4.69, 9.17) is 5.11 Å². The highest BCUT2D eigenvalue weighted by atomic mass is 16.4. The summed E-state index contributed by atoms with van der Waals surface area (Å²) in [6, 6.07) is 7.17. The molecule has 8 nitrogen and oxygen atoms in total. The number of aryl methyl sites for hydroxylation is 1. The number of tetrazole rings is 1. The van der Waals surface area contributed by atoms with Gasteiger partial charge in [-0.15, -0.1) is 5.10 Å². The summed E-state index contributed by atoms with van der Waals surface area (Å²) < 4.78 is 1.54. The molecule has 2 rings (SSSR count). The maximum atomic E-state index is 12.1. The maximum Gasteiger partial charge on any atom is 0.303 e. The highest BCUT2D eigenvalue weighted by Crippen LogP contribution is 2.26. The third-order valence-corrected chi connectivity index (χ3v) is 3.29. The van der Waals surface area contributed by atoms with Crippen LogP contribution in [0.25, 0.3) is 11.4 Å². The van der Waals surface area contributed by atoms with Gasteiger partial charge < -0.3 is 10.4 Å². The fourth-order valence-corrected chi connectivity index (χ4v) is 2.32. The number of nitrogens with one attached hydrogen (secondary N) is 1. The van der Waals surface area contributed by atoms with Gasteiger partial charge in [-0.25, -0.2) is 4.68 Å². The molecule has 0 saturated heterocycles. The summed E-state index contributed by atoms with van der Waals surface area (Å²) in [5.41, 5.74) is 0.780. The minimum atomic E-state index is -0.917. The summed E-state index contributed by atoms with van der Waals surface area (Å²) in [5, 5.41) is 22.9. The Labute approximate surface area is 133 Å². The number of hydrogen-bond donors (Lipinski definition) is 2. The van der Waals surface area contributed by atoms with Crippen molar-refractivity contribution >= 4 is 17.6 Å². The van der Waals surface area contributed by atoms with Crippen molar-refractivity contribution in [3.63, 3.8) is 0 Å². The molecule has 1 heterocycles. The smallest absolute Gasteiger partial charge is 0.303 e. The second kappa shape index (κ2) is 6.55. The van der Waals surface area contributed by atoms with E-state index in [1.165, 1.54) is 4.68 Å². The number of rotatable bonds is 6. The van der Waals surface area contributed by atoms with Crippen LogP contribution in [0.15, 0.2) is 24.3 Å². The van der Waals surface area contributed by atoms with Gasteiger partial charge in [-0.2, -0.15) is 0 Å². The summed E-state index contributed by atoms with van der Waals surface area (Å²) in [6.45, 7) is 3.50. The molecule has 1 aromatic carbocycles. The van der Waals surface area contributed by atoms with Gasteiger partial charge in [-0.1, -0.05) is 26.0 Å². The van der Waals surface area contributed by atoms with Crippen LogP contribution in [0, 0.1) is 5.41 Å². The van der Waals surface area contributed by atoms with Gasteiger partial charge in [-0.05, 0) is 28.0 Å². The van der Waals surface area contributed by atoms with Gasteiger partial charge >= 0.3 is 5.97 Å². The molecule has 0 radical (unpaired) electrons. The summed E-state index contributed by atoms with van der Waals surface area (Å²) in [5.74, 6) is -0.559. The Balaban J connectivity index is 2.07. The van der Waals surface area contributed by atoms with E-state index in [-0.39, 0.29) is 18.7 Å². The van der Waals surface area contributed by atoms with Crippen molar-refractivity contribution in [1.29, 1.82) is 0 Å². The number of carbonyl (C=O) groups is 2. The maximum absolute atomic E-state index is 12.1. The van der Waals surface area contributed by atoms with E-state index in [1.807, 2.05) is 6.07 Å². The van der Waals surface area contributed by atoms with Gasteiger partial charge in [0.25, 0.3) is 0 Å². The SMILES string of the molecule is Cn1nnnc1-c1cccc(NC(=O)CC(C)(C)CC(=O)O)c1. The molecular formula is C15H19N5O3. The lowest BCUT2D eigenvalue weighted by Crippen LogP contribution is -2.24. The number of anilines is 1. The molecule has 2 aromatic rings. The van der Waals surface area contributed by atoms with Gasteiger partial charge in [0.1, 0.15) is 0 Å². The van der Waals surface area contributed by atoms with Gasteiger partial charge in [-0.3, -0.25) is 9.59 Å². The van der Waals surface area contributed by atoms with Crippen LogP contribution in [0.5, 0.6) is 0 Å². The van der Waals surface area contributed by atoms with Crippen LogP contribution in [0.2, 0.25) is 0 Å². The van der Waals surface area contributed by atoms with Crippen molar-refractivity contribution in [1.82, 2.24) is 20.2 Å². The normalized spacial score (nSPS) is 11.3. The second-order valence-electron chi connectivity index (χ2n) is 6.17. The Hall–Kier alpha value is -2.77. The quantitative estimate of drug-likeness (QED) is 0.839. The van der Waals surface area contributed by atoms with Crippen LogP contribution < -0.4 is 5.32 Å². The molecule has 0 atom stereocenters. The molecule has 0 aliphatic carbocycles. The Morgan fingerprint density at radius 3 is 2.65 bits per heavy atom. The monoisotopic (exact) mass is 317 g/mol. The molecule has 0 fully saturated rings. The van der Waals surface area contributed by atoms with Crippen LogP contribution >= 0.6 is 0 Å². The van der Waals surface area contributed by atoms with Gasteiger partial charge in [0.2, 0.25) is 5.91 Å². The number of carboxylic acid groups (broad SMARTS) is 1. The molecule has 0 spiro atoms. The predicted octanol–water partition coefficient (Wildman–Crippen LogP) is 1.71. The Bertz CT molecular complexity index is 723. The summed E-state index contributed by atoms with van der Waals surface area (Å²) in [4.78, 5) is 22.9. The molecule has 1 amide bonds. The highest BCUT2D eigenvalue weighted by molar-refractivity contribution is 5.92. The molecule has 0 bridgehead atoms. The zero-order valence-corrected chi connectivity index (χ0v) is 13.3. The minimum Gasteiger partial charge on any atom is -0.481 e. The Kier molecular flexibility index (Phi) is 4.73. The van der Waals surface area contributed by atoms with E-state index < -0.39 is 11.4 Å². The fourth-order valence-electron chi connectivity index (χ4n) is 2.32. The first-order chi connectivity index (χ1) is 10.8. The van der Waals surface area contributed by atoms with Crippen LogP contribution in [0.3, 0.4) is 0 Å². The number of carbonyl (C=O) groups excluding carboxylic acids is 1. The van der Waals surface area contributed by atoms with E-state index >= 15 is 0 Å². The number of aromatic nitrogens is 4. The highest BCUT2D eigenvalue weighted by Gasteiger charge is 2.25. The molecule has 1 aromatic heterocycles. The summed E-state index contributed by atoms with van der Waals surface area (Å²) >= 11 is 0. The number of amides is 1. The van der Waals surface area contributed by atoms with Crippen molar-refractivity contribution in [3.05, 3.63) is 24.3 Å². The number of carboxylic acids is 1. The first-order valence-corrected chi connectivity index (χ1v) is 7.11. The van der Waals surface area contributed by atoms with Crippen LogP contribution in [0.1, 0.15) is 26.7 Å². The number of aliphatic carboxylic acids is 1. The lowest BCUT2D eigenvalue weighted by Gasteiger charge is -2.21. The molecule has 23 heavy (non-hydrogen) atoms. The van der Waals surface area contributed by atoms with Crippen molar-refractivity contribution in [3.8, 4) is 11.4 Å². The molecule has 8 heteroatoms. The fraction of sp³-hybridized carbons (Fsp3) is 0.400. The Morgan fingerprint density at radius 1 is 1.30 bits per heavy atom. The molecular weight excluding hydrogens is 298 g/mol. The lowest BCUT2D eigenvalue weighted by atomic mass is 9.85. The average molecular weight is 317 g/mol. The zero-order chi connectivity index (χ0) is 17.0. The van der Waals surface area contributed by atoms with Crippen LogP contribution in [-0.4, -0.2) is 37.2 Å². The zero-order valence-electron chi connectivity index (χ0n) is 13.3. The predicted molar refractivity (Wildman–Crippen MR) is 83.5 cm³/mol. The molecule has 0 aliphatic rings. The van der Waals surface area contributed by atoms with Gasteiger partial charge in [0, 0.05) is 24.7 Å². The number of benzene rings is 1. The van der Waals surface area contributed by atoms with E-state index in [2.05, 4.69) is 20.8 Å². The first kappa shape index (κ1) is 16.6. The van der Waals surface area contributed by atoms with Crippen LogP contribution in [-0.2, 0) is 16.6 Å². The largest absolute Gasteiger partial charge is 0.481 e. The minimum absolute atomic E-state index is 0.0644. The standard InChI is InChI=1S/C15H19N5O3/c1-15(2,9-13(22)23)8-12(21)16-11-6-4-5-10(7-11)14-17-18-19-20(14)3/h4-7H,8-9H2,1-3H3,(H,16,21)(H,22,23). The van der Waals surface area contributed by atoms with E-state index in [0.717, 1.165) is 5.56 Å². The first-order valence-electron chi connectivity index (χ1n) is 7.11. The molecule has 0 aliphatic heterocycles. The average Bonchev–Trinajstić information content (AvgIpc) is 2.82.